The summed E-state index contributed by atoms with van der Waals surface area (Å²) in [5, 5.41) is 0. The van der Waals surface area contributed by atoms with Crippen molar-refractivity contribution in [1.29, 1.82) is 0 Å². The molecular formula is C9H20ClNO. The SMILES string of the molecule is CCCCCCOC=[N+](C)C.[Cl-]. The van der Waals surface area contributed by atoms with E-state index >= 15 is 0 Å². The molecule has 12 heavy (non-hydrogen) atoms. The number of halogens is 1. The molecule has 2 nitrogen and oxygen atoms in total. The maximum absolute atomic E-state index is 5.24. The molecule has 0 aromatic carbocycles. The zero-order valence-corrected chi connectivity index (χ0v) is 9.10. The van der Waals surface area contributed by atoms with Crippen LogP contribution < -0.4 is 12.4 Å². The molecule has 0 amide bonds. The van der Waals surface area contributed by atoms with Crippen molar-refractivity contribution < 1.29 is 21.7 Å². The third-order valence-electron chi connectivity index (χ3n) is 1.40. The average Bonchev–Trinajstić information content (AvgIpc) is 1.96. The second-order valence-corrected chi connectivity index (χ2v) is 3.00. The van der Waals surface area contributed by atoms with E-state index in [9.17, 15) is 0 Å². The molecule has 0 unspecified atom stereocenters. The number of nitrogens with zero attached hydrogens (tertiary/aromatic N) is 1. The van der Waals surface area contributed by atoms with Crippen molar-refractivity contribution in [3.63, 3.8) is 0 Å². The quantitative estimate of drug-likeness (QED) is 0.226. The van der Waals surface area contributed by atoms with Crippen molar-refractivity contribution in [1.82, 2.24) is 0 Å². The molecule has 0 aliphatic rings. The van der Waals surface area contributed by atoms with E-state index in [1.54, 1.807) is 6.40 Å². The van der Waals surface area contributed by atoms with Crippen LogP contribution in [0.5, 0.6) is 0 Å². The first-order chi connectivity index (χ1) is 5.27. The van der Waals surface area contributed by atoms with E-state index < -0.39 is 0 Å². The normalized spacial score (nSPS) is 8.58. The van der Waals surface area contributed by atoms with Crippen LogP contribution in [0, 0.1) is 0 Å². The Labute approximate surface area is 82.0 Å². The van der Waals surface area contributed by atoms with Crippen LogP contribution in [0.25, 0.3) is 0 Å². The summed E-state index contributed by atoms with van der Waals surface area (Å²) in [7, 11) is 3.93. The van der Waals surface area contributed by atoms with Gasteiger partial charge in [-0.05, 0) is 6.42 Å². The highest BCUT2D eigenvalue weighted by Gasteiger charge is 1.88. The molecule has 0 aliphatic carbocycles. The van der Waals surface area contributed by atoms with Crippen LogP contribution in [0.1, 0.15) is 32.6 Å². The molecule has 74 valence electrons. The van der Waals surface area contributed by atoms with Crippen molar-refractivity contribution in [2.75, 3.05) is 20.7 Å². The molecule has 0 rings (SSSR count). The van der Waals surface area contributed by atoms with E-state index in [4.69, 9.17) is 4.74 Å². The number of rotatable bonds is 6. The Hall–Kier alpha value is -0.240. The fourth-order valence-electron chi connectivity index (χ4n) is 0.814. The van der Waals surface area contributed by atoms with Crippen LogP contribution in [-0.2, 0) is 4.74 Å². The van der Waals surface area contributed by atoms with Gasteiger partial charge in [-0.2, -0.15) is 0 Å². The lowest BCUT2D eigenvalue weighted by Gasteiger charge is -1.97. The van der Waals surface area contributed by atoms with E-state index in [0.29, 0.717) is 0 Å². The van der Waals surface area contributed by atoms with Crippen molar-refractivity contribution >= 4 is 6.40 Å². The highest BCUT2D eigenvalue weighted by Crippen LogP contribution is 1.97. The van der Waals surface area contributed by atoms with Gasteiger partial charge in [0.1, 0.15) is 14.1 Å². The Balaban J connectivity index is 0. The molecule has 0 aliphatic heterocycles. The van der Waals surface area contributed by atoms with Gasteiger partial charge in [0.2, 0.25) is 0 Å². The maximum atomic E-state index is 5.24. The minimum atomic E-state index is 0. The third kappa shape index (κ3) is 12.4. The van der Waals surface area contributed by atoms with Gasteiger partial charge in [-0.25, -0.2) is 4.58 Å². The second kappa shape index (κ2) is 10.8. The van der Waals surface area contributed by atoms with Crippen LogP contribution in [0.2, 0.25) is 0 Å². The Morgan fingerprint density at radius 1 is 1.17 bits per heavy atom. The van der Waals surface area contributed by atoms with Gasteiger partial charge in [0, 0.05) is 0 Å². The molecule has 0 aromatic rings. The standard InChI is InChI=1S/C9H20NO.ClH/c1-4-5-6-7-8-11-9-10(2)3;/h9H,4-8H2,1-3H3;1H/q+1;/p-1. The molecule has 0 aromatic heterocycles. The fraction of sp³-hybridized carbons (Fsp3) is 0.889. The predicted molar refractivity (Wildman–Crippen MR) is 48.3 cm³/mol. The molecular weight excluding hydrogens is 174 g/mol. The van der Waals surface area contributed by atoms with Gasteiger partial charge in [0.05, 0.1) is 6.61 Å². The van der Waals surface area contributed by atoms with Crippen molar-refractivity contribution in [3.05, 3.63) is 0 Å². The van der Waals surface area contributed by atoms with Gasteiger partial charge in [-0.15, -0.1) is 0 Å². The van der Waals surface area contributed by atoms with Crippen LogP contribution in [0.3, 0.4) is 0 Å². The molecule has 0 radical (unpaired) electrons. The molecule has 0 heterocycles. The lowest BCUT2D eigenvalue weighted by atomic mass is 10.2. The summed E-state index contributed by atoms with van der Waals surface area (Å²) >= 11 is 0. The lowest BCUT2D eigenvalue weighted by molar-refractivity contribution is -0.468. The smallest absolute Gasteiger partial charge is 0.323 e. The van der Waals surface area contributed by atoms with Crippen molar-refractivity contribution in [3.8, 4) is 0 Å². The molecule has 3 heteroatoms. The fourth-order valence-corrected chi connectivity index (χ4v) is 0.814. The Morgan fingerprint density at radius 3 is 2.33 bits per heavy atom. The average molecular weight is 194 g/mol. The lowest BCUT2D eigenvalue weighted by Crippen LogP contribution is -3.00. The topological polar surface area (TPSA) is 12.2 Å². The molecule has 0 spiro atoms. The zero-order chi connectivity index (χ0) is 8.53. The summed E-state index contributed by atoms with van der Waals surface area (Å²) in [5.74, 6) is 0. The highest BCUT2D eigenvalue weighted by molar-refractivity contribution is 5.38. The predicted octanol–water partition coefficient (Wildman–Crippen LogP) is -1.11. The number of hydrogen-bond acceptors (Lipinski definition) is 1. The third-order valence-corrected chi connectivity index (χ3v) is 1.40. The van der Waals surface area contributed by atoms with Gasteiger partial charge < -0.3 is 17.1 Å². The summed E-state index contributed by atoms with van der Waals surface area (Å²) < 4.78 is 7.16. The Kier molecular flexibility index (Phi) is 12.8. The summed E-state index contributed by atoms with van der Waals surface area (Å²) in [5.41, 5.74) is 0. The number of hydrogen-bond donors (Lipinski definition) is 0. The first-order valence-electron chi connectivity index (χ1n) is 4.38. The van der Waals surface area contributed by atoms with E-state index in [0.717, 1.165) is 6.61 Å². The monoisotopic (exact) mass is 193 g/mol. The second-order valence-electron chi connectivity index (χ2n) is 3.00. The van der Waals surface area contributed by atoms with Gasteiger partial charge in [0.25, 0.3) is 0 Å². The van der Waals surface area contributed by atoms with Gasteiger partial charge in [-0.1, -0.05) is 26.2 Å². The van der Waals surface area contributed by atoms with Gasteiger partial charge >= 0.3 is 6.40 Å². The molecule has 0 bridgehead atoms. The van der Waals surface area contributed by atoms with E-state index in [1.165, 1.54) is 25.7 Å². The number of ether oxygens (including phenoxy) is 1. The molecule has 0 saturated carbocycles. The maximum Gasteiger partial charge on any atom is 0.323 e. The van der Waals surface area contributed by atoms with E-state index in [2.05, 4.69) is 6.92 Å². The minimum absolute atomic E-state index is 0. The largest absolute Gasteiger partial charge is 1.00 e. The summed E-state index contributed by atoms with van der Waals surface area (Å²) in [6.07, 6.45) is 6.84. The first kappa shape index (κ1) is 14.3. The molecule has 0 fully saturated rings. The van der Waals surface area contributed by atoms with Crippen LogP contribution >= 0.6 is 0 Å². The zero-order valence-electron chi connectivity index (χ0n) is 8.35. The molecule has 0 N–H and O–H groups in total. The minimum Gasteiger partial charge on any atom is -1.00 e. The first-order valence-corrected chi connectivity index (χ1v) is 4.38. The van der Waals surface area contributed by atoms with Gasteiger partial charge in [0.15, 0.2) is 0 Å². The Morgan fingerprint density at radius 2 is 1.83 bits per heavy atom. The number of unbranched alkanes of at least 4 members (excludes halogenated alkanes) is 3. The van der Waals surface area contributed by atoms with Crippen LogP contribution in [0.15, 0.2) is 0 Å². The highest BCUT2D eigenvalue weighted by atomic mass is 35.5. The van der Waals surface area contributed by atoms with Crippen molar-refractivity contribution in [2.45, 2.75) is 32.6 Å². The van der Waals surface area contributed by atoms with Gasteiger partial charge in [-0.3, -0.25) is 0 Å². The summed E-state index contributed by atoms with van der Waals surface area (Å²) in [6.45, 7) is 3.07. The Bertz CT molecular complexity index is 111. The summed E-state index contributed by atoms with van der Waals surface area (Å²) in [4.78, 5) is 0. The van der Waals surface area contributed by atoms with Crippen molar-refractivity contribution in [2.24, 2.45) is 0 Å². The van der Waals surface area contributed by atoms with E-state index in [-0.39, 0.29) is 12.4 Å². The molecule has 0 atom stereocenters. The van der Waals surface area contributed by atoms with Crippen LogP contribution in [0.4, 0.5) is 0 Å². The molecule has 0 saturated heterocycles. The summed E-state index contributed by atoms with van der Waals surface area (Å²) in [6, 6.07) is 0. The van der Waals surface area contributed by atoms with E-state index in [1.807, 2.05) is 18.7 Å². The van der Waals surface area contributed by atoms with Crippen LogP contribution in [-0.4, -0.2) is 31.7 Å².